The van der Waals surface area contributed by atoms with Crippen molar-refractivity contribution in [1.82, 2.24) is 0 Å². The number of aliphatic carboxylic acids is 1. The van der Waals surface area contributed by atoms with Crippen LogP contribution in [0.4, 0.5) is 0 Å². The number of rotatable bonds is 4. The Morgan fingerprint density at radius 2 is 1.74 bits per heavy atom. The Bertz CT molecular complexity index is 316. The SMILES string of the molecule is CC(C)(C)[C@@H]1O[C@H](CSCC(=O)O)[C@@H](O)[C@H](O)[C@H]1O. The van der Waals surface area contributed by atoms with Gasteiger partial charge in [-0.15, -0.1) is 11.8 Å². The molecule has 0 aliphatic carbocycles. The lowest BCUT2D eigenvalue weighted by molar-refractivity contribution is -0.238. The van der Waals surface area contributed by atoms with Gasteiger partial charge in [-0.25, -0.2) is 0 Å². The molecule has 0 aromatic carbocycles. The summed E-state index contributed by atoms with van der Waals surface area (Å²) in [6.45, 7) is 5.60. The second kappa shape index (κ2) is 6.41. The van der Waals surface area contributed by atoms with E-state index in [1.807, 2.05) is 20.8 Å². The Hall–Kier alpha value is -0.340. The van der Waals surface area contributed by atoms with Gasteiger partial charge in [0.1, 0.15) is 18.3 Å². The van der Waals surface area contributed by atoms with Crippen LogP contribution < -0.4 is 0 Å². The average Bonchev–Trinajstić information content (AvgIpc) is 2.27. The number of thioether (sulfide) groups is 1. The third-order valence-corrected chi connectivity index (χ3v) is 4.09. The molecule has 112 valence electrons. The Morgan fingerprint density at radius 1 is 1.16 bits per heavy atom. The van der Waals surface area contributed by atoms with Crippen molar-refractivity contribution in [3.8, 4) is 0 Å². The maximum Gasteiger partial charge on any atom is 0.313 e. The van der Waals surface area contributed by atoms with Gasteiger partial charge >= 0.3 is 5.97 Å². The molecular weight excluding hydrogens is 272 g/mol. The van der Waals surface area contributed by atoms with Gasteiger partial charge in [-0.2, -0.15) is 0 Å². The second-order valence-corrected chi connectivity index (χ2v) is 6.87. The van der Waals surface area contributed by atoms with Gasteiger partial charge in [-0.05, 0) is 5.41 Å². The molecule has 0 aromatic heterocycles. The maximum atomic E-state index is 10.4. The number of carboxylic acids is 1. The zero-order chi connectivity index (χ0) is 14.8. The summed E-state index contributed by atoms with van der Waals surface area (Å²) in [6.07, 6.45) is -4.95. The van der Waals surface area contributed by atoms with E-state index in [4.69, 9.17) is 9.84 Å². The van der Waals surface area contributed by atoms with Crippen LogP contribution >= 0.6 is 11.8 Å². The van der Waals surface area contributed by atoms with E-state index in [-0.39, 0.29) is 11.5 Å². The number of ether oxygens (including phenoxy) is 1. The van der Waals surface area contributed by atoms with Crippen LogP contribution in [0, 0.1) is 5.41 Å². The fourth-order valence-electron chi connectivity index (χ4n) is 2.07. The minimum Gasteiger partial charge on any atom is -0.481 e. The fourth-order valence-corrected chi connectivity index (χ4v) is 2.87. The van der Waals surface area contributed by atoms with E-state index >= 15 is 0 Å². The monoisotopic (exact) mass is 294 g/mol. The van der Waals surface area contributed by atoms with Crippen molar-refractivity contribution in [2.24, 2.45) is 5.41 Å². The number of hydrogen-bond acceptors (Lipinski definition) is 6. The van der Waals surface area contributed by atoms with Crippen LogP contribution in [0.3, 0.4) is 0 Å². The van der Waals surface area contributed by atoms with Crippen LogP contribution in [0.25, 0.3) is 0 Å². The first-order chi connectivity index (χ1) is 8.64. The van der Waals surface area contributed by atoms with Gasteiger partial charge in [0.15, 0.2) is 0 Å². The molecule has 1 aliphatic heterocycles. The standard InChI is InChI=1S/C12H22O6S/c1-12(2,3)11-10(17)9(16)8(15)6(18-11)4-19-5-7(13)14/h6,8-11,15-17H,4-5H2,1-3H3,(H,13,14)/t6-,8-,9+,10-,11-/m1/s1. The van der Waals surface area contributed by atoms with Crippen molar-refractivity contribution >= 4 is 17.7 Å². The lowest BCUT2D eigenvalue weighted by Crippen LogP contribution is -2.61. The zero-order valence-corrected chi connectivity index (χ0v) is 12.1. The average molecular weight is 294 g/mol. The highest BCUT2D eigenvalue weighted by Gasteiger charge is 2.47. The minimum absolute atomic E-state index is 0.0919. The first-order valence-corrected chi connectivity index (χ1v) is 7.29. The second-order valence-electron chi connectivity index (χ2n) is 5.84. The molecule has 19 heavy (non-hydrogen) atoms. The predicted octanol–water partition coefficient (Wildman–Crippen LogP) is -0.300. The molecule has 1 rings (SSSR count). The molecule has 0 unspecified atom stereocenters. The number of aliphatic hydroxyl groups is 3. The third-order valence-electron chi connectivity index (χ3n) is 3.07. The number of hydrogen-bond donors (Lipinski definition) is 4. The molecule has 0 aromatic rings. The third kappa shape index (κ3) is 4.32. The lowest BCUT2D eigenvalue weighted by atomic mass is 9.80. The summed E-state index contributed by atoms with van der Waals surface area (Å²) in [5.41, 5.74) is -0.393. The molecule has 0 saturated carbocycles. The van der Waals surface area contributed by atoms with Crippen molar-refractivity contribution in [3.05, 3.63) is 0 Å². The normalized spacial score (nSPS) is 36.2. The molecule has 5 atom stereocenters. The topological polar surface area (TPSA) is 107 Å². The zero-order valence-electron chi connectivity index (χ0n) is 11.3. The Morgan fingerprint density at radius 3 is 2.21 bits per heavy atom. The van der Waals surface area contributed by atoms with E-state index < -0.39 is 41.9 Å². The van der Waals surface area contributed by atoms with Gasteiger partial charge in [0, 0.05) is 5.75 Å². The summed E-state index contributed by atoms with van der Waals surface area (Å²) in [5, 5.41) is 38.2. The van der Waals surface area contributed by atoms with Crippen molar-refractivity contribution in [2.45, 2.75) is 51.3 Å². The van der Waals surface area contributed by atoms with Gasteiger partial charge in [0.2, 0.25) is 0 Å². The number of aliphatic hydroxyl groups excluding tert-OH is 3. The Balaban J connectivity index is 2.68. The molecule has 1 aliphatic rings. The predicted molar refractivity (Wildman–Crippen MR) is 71.1 cm³/mol. The van der Waals surface area contributed by atoms with Gasteiger partial charge in [-0.1, -0.05) is 20.8 Å². The van der Waals surface area contributed by atoms with Crippen molar-refractivity contribution in [3.63, 3.8) is 0 Å². The van der Waals surface area contributed by atoms with Crippen molar-refractivity contribution in [2.75, 3.05) is 11.5 Å². The summed E-state index contributed by atoms with van der Waals surface area (Å²) in [7, 11) is 0. The molecule has 7 heteroatoms. The summed E-state index contributed by atoms with van der Waals surface area (Å²) in [4.78, 5) is 10.4. The molecule has 0 spiro atoms. The molecular formula is C12H22O6S. The van der Waals surface area contributed by atoms with Gasteiger partial charge in [0.25, 0.3) is 0 Å². The summed E-state index contributed by atoms with van der Waals surface area (Å²) >= 11 is 1.11. The van der Waals surface area contributed by atoms with Crippen molar-refractivity contribution < 1.29 is 30.0 Å². The largest absolute Gasteiger partial charge is 0.481 e. The van der Waals surface area contributed by atoms with Crippen LogP contribution in [-0.4, -0.2) is 68.4 Å². The fraction of sp³-hybridized carbons (Fsp3) is 0.917. The number of carbonyl (C=O) groups is 1. The van der Waals surface area contributed by atoms with E-state index in [1.54, 1.807) is 0 Å². The maximum absolute atomic E-state index is 10.4. The van der Waals surface area contributed by atoms with Crippen LogP contribution in [0.5, 0.6) is 0 Å². The van der Waals surface area contributed by atoms with E-state index in [1.165, 1.54) is 0 Å². The summed E-state index contributed by atoms with van der Waals surface area (Å²) in [6, 6.07) is 0. The smallest absolute Gasteiger partial charge is 0.313 e. The van der Waals surface area contributed by atoms with Gasteiger partial charge < -0.3 is 25.2 Å². The highest BCUT2D eigenvalue weighted by Crippen LogP contribution is 2.33. The van der Waals surface area contributed by atoms with E-state index in [9.17, 15) is 20.1 Å². The van der Waals surface area contributed by atoms with E-state index in [0.29, 0.717) is 0 Å². The summed E-state index contributed by atoms with van der Waals surface area (Å²) in [5.74, 6) is -0.779. The lowest BCUT2D eigenvalue weighted by Gasteiger charge is -2.45. The van der Waals surface area contributed by atoms with E-state index in [0.717, 1.165) is 11.8 Å². The Kier molecular flexibility index (Phi) is 5.64. The van der Waals surface area contributed by atoms with Crippen LogP contribution in [0.1, 0.15) is 20.8 Å². The molecule has 0 bridgehead atoms. The highest BCUT2D eigenvalue weighted by atomic mass is 32.2. The summed E-state index contributed by atoms with van der Waals surface area (Å²) < 4.78 is 5.65. The van der Waals surface area contributed by atoms with Crippen LogP contribution in [-0.2, 0) is 9.53 Å². The number of carboxylic acid groups (broad SMARTS) is 1. The first-order valence-electron chi connectivity index (χ1n) is 6.13. The molecule has 4 N–H and O–H groups in total. The van der Waals surface area contributed by atoms with Crippen LogP contribution in [0.15, 0.2) is 0 Å². The first kappa shape index (κ1) is 16.7. The molecule has 1 saturated heterocycles. The molecule has 1 fully saturated rings. The van der Waals surface area contributed by atoms with E-state index in [2.05, 4.69) is 0 Å². The highest BCUT2D eigenvalue weighted by molar-refractivity contribution is 7.99. The van der Waals surface area contributed by atoms with Crippen molar-refractivity contribution in [1.29, 1.82) is 0 Å². The molecule has 0 amide bonds. The quantitative estimate of drug-likeness (QED) is 0.564. The van der Waals surface area contributed by atoms with Gasteiger partial charge in [-0.3, -0.25) is 4.79 Å². The minimum atomic E-state index is -1.28. The van der Waals surface area contributed by atoms with Crippen LogP contribution in [0.2, 0.25) is 0 Å². The molecule has 1 heterocycles. The molecule has 6 nitrogen and oxygen atoms in total. The molecule has 0 radical (unpaired) electrons. The van der Waals surface area contributed by atoms with Gasteiger partial charge in [0.05, 0.1) is 18.0 Å². The Labute approximate surface area is 116 Å².